The van der Waals surface area contributed by atoms with E-state index in [1.54, 1.807) is 42.5 Å². The predicted molar refractivity (Wildman–Crippen MR) is 91.2 cm³/mol. The summed E-state index contributed by atoms with van der Waals surface area (Å²) in [6.45, 7) is -0.215. The molecule has 3 aromatic rings. The fourth-order valence-electron chi connectivity index (χ4n) is 2.37. The first kappa shape index (κ1) is 16.8. The van der Waals surface area contributed by atoms with E-state index in [9.17, 15) is 18.5 Å². The lowest BCUT2D eigenvalue weighted by atomic mass is 10.2. The lowest BCUT2D eigenvalue weighted by Gasteiger charge is -2.10. The fourth-order valence-corrected chi connectivity index (χ4v) is 3.58. The molecule has 0 aliphatic carbocycles. The van der Waals surface area contributed by atoms with Gasteiger partial charge in [0.15, 0.2) is 11.2 Å². The number of hydrogen-bond acceptors (Lipinski definition) is 7. The minimum atomic E-state index is -4.34. The van der Waals surface area contributed by atoms with Gasteiger partial charge in [-0.1, -0.05) is 42.5 Å². The van der Waals surface area contributed by atoms with Crippen LogP contribution in [0, 0.1) is 10.1 Å². The van der Waals surface area contributed by atoms with Crippen molar-refractivity contribution in [1.29, 1.82) is 0 Å². The molecule has 0 atom stereocenters. The first-order valence-corrected chi connectivity index (χ1v) is 8.57. The third-order valence-electron chi connectivity index (χ3n) is 3.51. The van der Waals surface area contributed by atoms with Crippen molar-refractivity contribution < 1.29 is 17.5 Å². The first-order chi connectivity index (χ1) is 11.9. The number of pyridine rings is 1. The molecule has 2 N–H and O–H groups in total. The van der Waals surface area contributed by atoms with Crippen molar-refractivity contribution in [1.82, 2.24) is 4.98 Å². The van der Waals surface area contributed by atoms with Crippen molar-refractivity contribution in [3.8, 4) is 0 Å². The number of aromatic nitrogens is 1. The summed E-state index contributed by atoms with van der Waals surface area (Å²) in [6.07, 6.45) is 0. The molecule has 0 saturated heterocycles. The Balaban J connectivity index is 2.12. The molecule has 0 saturated carbocycles. The highest BCUT2D eigenvalue weighted by Crippen LogP contribution is 2.34. The fraction of sp³-hybridized carbons (Fsp3) is 0.0625. The van der Waals surface area contributed by atoms with E-state index in [2.05, 4.69) is 4.98 Å². The molecule has 0 spiro atoms. The SMILES string of the molecule is Nc1c([N+](=O)[O-])nc2ccccc2c1S(=O)(=O)OCc1ccccc1. The second-order valence-corrected chi connectivity index (χ2v) is 6.71. The van der Waals surface area contributed by atoms with Gasteiger partial charge in [-0.15, -0.1) is 0 Å². The molecule has 9 heteroatoms. The Labute approximate surface area is 143 Å². The van der Waals surface area contributed by atoms with Crippen LogP contribution < -0.4 is 5.73 Å². The Morgan fingerprint density at radius 3 is 2.40 bits per heavy atom. The molecule has 0 aliphatic rings. The normalized spacial score (nSPS) is 11.5. The van der Waals surface area contributed by atoms with Crippen LogP contribution in [0.3, 0.4) is 0 Å². The highest BCUT2D eigenvalue weighted by Gasteiger charge is 2.30. The predicted octanol–water partition coefficient (Wildman–Crippen LogP) is 2.63. The molecule has 2 aromatic carbocycles. The van der Waals surface area contributed by atoms with E-state index in [-0.39, 0.29) is 17.5 Å². The molecule has 128 valence electrons. The summed E-state index contributed by atoms with van der Waals surface area (Å²) in [5.41, 5.74) is 5.98. The Morgan fingerprint density at radius 1 is 1.08 bits per heavy atom. The van der Waals surface area contributed by atoms with E-state index in [1.165, 1.54) is 12.1 Å². The maximum Gasteiger partial charge on any atom is 0.388 e. The molecule has 3 rings (SSSR count). The van der Waals surface area contributed by atoms with E-state index in [4.69, 9.17) is 9.92 Å². The summed E-state index contributed by atoms with van der Waals surface area (Å²) in [5.74, 6) is -0.722. The second-order valence-electron chi connectivity index (χ2n) is 5.15. The molecule has 0 radical (unpaired) electrons. The molecule has 0 unspecified atom stereocenters. The zero-order chi connectivity index (χ0) is 18.0. The van der Waals surface area contributed by atoms with Gasteiger partial charge in [0.05, 0.1) is 6.61 Å². The molecule has 0 amide bonds. The zero-order valence-corrected chi connectivity index (χ0v) is 13.6. The lowest BCUT2D eigenvalue weighted by molar-refractivity contribution is -0.388. The van der Waals surface area contributed by atoms with E-state index in [0.29, 0.717) is 5.56 Å². The van der Waals surface area contributed by atoms with Gasteiger partial charge in [-0.25, -0.2) is 0 Å². The number of nitrogens with zero attached hydrogens (tertiary/aromatic N) is 2. The number of para-hydroxylation sites is 1. The summed E-state index contributed by atoms with van der Waals surface area (Å²) in [4.78, 5) is 13.7. The largest absolute Gasteiger partial charge is 0.391 e. The number of benzene rings is 2. The van der Waals surface area contributed by atoms with Crippen molar-refractivity contribution in [2.24, 2.45) is 0 Å². The Morgan fingerprint density at radius 2 is 1.72 bits per heavy atom. The minimum absolute atomic E-state index is 0.144. The van der Waals surface area contributed by atoms with Crippen LogP contribution in [-0.2, 0) is 20.9 Å². The molecule has 1 heterocycles. The van der Waals surface area contributed by atoms with Gasteiger partial charge < -0.3 is 15.8 Å². The van der Waals surface area contributed by atoms with Crippen LogP contribution in [0.2, 0.25) is 0 Å². The van der Waals surface area contributed by atoms with Crippen LogP contribution in [0.1, 0.15) is 5.56 Å². The van der Waals surface area contributed by atoms with Gasteiger partial charge in [0.2, 0.25) is 0 Å². The number of nitrogen functional groups attached to an aromatic ring is 1. The van der Waals surface area contributed by atoms with E-state index in [1.807, 2.05) is 0 Å². The second kappa shape index (κ2) is 6.46. The van der Waals surface area contributed by atoms with Crippen LogP contribution in [0.5, 0.6) is 0 Å². The third kappa shape index (κ3) is 3.28. The molecule has 1 aromatic heterocycles. The summed E-state index contributed by atoms with van der Waals surface area (Å²) in [7, 11) is -4.34. The van der Waals surface area contributed by atoms with Crippen molar-refractivity contribution in [2.45, 2.75) is 11.5 Å². The maximum atomic E-state index is 12.7. The molecular weight excluding hydrogens is 346 g/mol. The molecule has 25 heavy (non-hydrogen) atoms. The Hall–Kier alpha value is -3.04. The van der Waals surface area contributed by atoms with Crippen molar-refractivity contribution in [3.63, 3.8) is 0 Å². The van der Waals surface area contributed by atoms with Gasteiger partial charge in [0.1, 0.15) is 4.90 Å². The van der Waals surface area contributed by atoms with Crippen LogP contribution in [0.4, 0.5) is 11.5 Å². The number of anilines is 1. The monoisotopic (exact) mass is 359 g/mol. The van der Waals surface area contributed by atoms with E-state index < -0.39 is 31.4 Å². The first-order valence-electron chi connectivity index (χ1n) is 7.16. The smallest absolute Gasteiger partial charge is 0.388 e. The number of nitro groups is 1. The molecule has 8 nitrogen and oxygen atoms in total. The lowest BCUT2D eigenvalue weighted by Crippen LogP contribution is -2.12. The molecule has 0 aliphatic heterocycles. The summed E-state index contributed by atoms with van der Waals surface area (Å²) in [5, 5.41) is 11.3. The van der Waals surface area contributed by atoms with Crippen LogP contribution in [0.15, 0.2) is 59.5 Å². The van der Waals surface area contributed by atoms with Crippen molar-refractivity contribution >= 4 is 32.5 Å². The Kier molecular flexibility index (Phi) is 4.34. The summed E-state index contributed by atoms with van der Waals surface area (Å²) in [6, 6.07) is 14.8. The number of nitrogens with two attached hydrogens (primary N) is 1. The van der Waals surface area contributed by atoms with E-state index in [0.717, 1.165) is 0 Å². The average molecular weight is 359 g/mol. The highest BCUT2D eigenvalue weighted by atomic mass is 32.2. The number of rotatable bonds is 5. The highest BCUT2D eigenvalue weighted by molar-refractivity contribution is 7.87. The van der Waals surface area contributed by atoms with Gasteiger partial charge in [0.25, 0.3) is 10.1 Å². The van der Waals surface area contributed by atoms with Crippen LogP contribution >= 0.6 is 0 Å². The summed E-state index contributed by atoms with van der Waals surface area (Å²) < 4.78 is 30.4. The van der Waals surface area contributed by atoms with Gasteiger partial charge in [0, 0.05) is 5.39 Å². The summed E-state index contributed by atoms with van der Waals surface area (Å²) >= 11 is 0. The van der Waals surface area contributed by atoms with E-state index >= 15 is 0 Å². The quantitative estimate of drug-likeness (QED) is 0.421. The average Bonchev–Trinajstić information content (AvgIpc) is 2.60. The minimum Gasteiger partial charge on any atom is -0.391 e. The van der Waals surface area contributed by atoms with Gasteiger partial charge >= 0.3 is 5.82 Å². The van der Waals surface area contributed by atoms with Crippen LogP contribution in [-0.4, -0.2) is 18.3 Å². The zero-order valence-electron chi connectivity index (χ0n) is 12.8. The van der Waals surface area contributed by atoms with Crippen molar-refractivity contribution in [3.05, 3.63) is 70.3 Å². The topological polar surface area (TPSA) is 125 Å². The Bertz CT molecular complexity index is 1050. The van der Waals surface area contributed by atoms with Gasteiger partial charge in [-0.05, 0) is 27.6 Å². The maximum absolute atomic E-state index is 12.7. The van der Waals surface area contributed by atoms with Gasteiger partial charge in [-0.3, -0.25) is 4.18 Å². The third-order valence-corrected chi connectivity index (χ3v) is 4.88. The van der Waals surface area contributed by atoms with Crippen molar-refractivity contribution in [2.75, 3.05) is 5.73 Å². The number of hydrogen-bond donors (Lipinski definition) is 1. The van der Waals surface area contributed by atoms with Gasteiger partial charge in [-0.2, -0.15) is 8.42 Å². The van der Waals surface area contributed by atoms with Crippen LogP contribution in [0.25, 0.3) is 10.9 Å². The number of fused-ring (bicyclic) bond motifs is 1. The standard InChI is InChI=1S/C16H13N3O5S/c17-14-15(25(22,23)24-10-11-6-2-1-3-7-11)12-8-4-5-9-13(12)18-16(14)19(20)21/h1-9H,10,17H2. The molecular formula is C16H13N3O5S. The molecule has 0 bridgehead atoms. The molecule has 0 fully saturated rings.